The van der Waals surface area contributed by atoms with Crippen LogP contribution in [0.15, 0.2) is 30.3 Å². The summed E-state index contributed by atoms with van der Waals surface area (Å²) < 4.78 is 54.0. The van der Waals surface area contributed by atoms with Crippen molar-refractivity contribution in [2.75, 3.05) is 17.3 Å². The van der Waals surface area contributed by atoms with E-state index in [2.05, 4.69) is 15.3 Å². The second-order valence-electron chi connectivity index (χ2n) is 8.57. The number of nitrogens with one attached hydrogen (secondary N) is 1. The molecule has 0 aliphatic carbocycles. The molecule has 1 aliphatic rings. The van der Waals surface area contributed by atoms with E-state index in [0.29, 0.717) is 34.3 Å². The monoisotopic (exact) mass is 446 g/mol. The average molecular weight is 446 g/mol. The van der Waals surface area contributed by atoms with Gasteiger partial charge in [-0.3, -0.25) is 4.79 Å². The number of amides is 1. The Hall–Kier alpha value is -3.23. The Bertz CT molecular complexity index is 1250. The lowest BCUT2D eigenvalue weighted by Gasteiger charge is -2.20. The average Bonchev–Trinajstić information content (AvgIpc) is 2.86. The van der Waals surface area contributed by atoms with Gasteiger partial charge in [0.2, 0.25) is 5.91 Å². The van der Waals surface area contributed by atoms with Gasteiger partial charge < -0.3 is 10.2 Å². The first kappa shape index (κ1) is 22.0. The van der Waals surface area contributed by atoms with E-state index < -0.39 is 29.0 Å². The predicted molar refractivity (Wildman–Crippen MR) is 114 cm³/mol. The second kappa shape index (κ2) is 7.15. The van der Waals surface area contributed by atoms with Crippen molar-refractivity contribution >= 4 is 28.3 Å². The second-order valence-corrected chi connectivity index (χ2v) is 8.57. The first-order valence-electron chi connectivity index (χ1n) is 10.1. The van der Waals surface area contributed by atoms with Gasteiger partial charge in [-0.05, 0) is 51.5 Å². The van der Waals surface area contributed by atoms with Crippen LogP contribution in [0.3, 0.4) is 0 Å². The molecule has 0 saturated heterocycles. The highest BCUT2D eigenvalue weighted by Gasteiger charge is 2.42. The summed E-state index contributed by atoms with van der Waals surface area (Å²) in [6, 6.07) is 6.02. The van der Waals surface area contributed by atoms with Crippen molar-refractivity contribution in [3.8, 4) is 0 Å². The molecule has 5 nitrogen and oxygen atoms in total. The van der Waals surface area contributed by atoms with Crippen molar-refractivity contribution in [1.82, 2.24) is 9.97 Å². The molecule has 9 heteroatoms. The molecule has 0 radical (unpaired) electrons. The number of halogens is 4. The van der Waals surface area contributed by atoms with Crippen LogP contribution in [0, 0.1) is 12.7 Å². The zero-order valence-electron chi connectivity index (χ0n) is 18.2. The molecule has 0 unspecified atom stereocenters. The van der Waals surface area contributed by atoms with Gasteiger partial charge in [-0.15, -0.1) is 0 Å². The molecule has 0 fully saturated rings. The molecule has 2 aromatic carbocycles. The number of nitrogens with zero attached hydrogens (tertiary/aromatic N) is 3. The van der Waals surface area contributed by atoms with Crippen molar-refractivity contribution in [2.24, 2.45) is 0 Å². The molecular weight excluding hydrogens is 424 g/mol. The fraction of sp³-hybridized carbons (Fsp3) is 0.348. The maximum absolute atomic E-state index is 14.6. The van der Waals surface area contributed by atoms with Crippen LogP contribution in [0.4, 0.5) is 29.1 Å². The Kier molecular flexibility index (Phi) is 4.91. The molecule has 2 heterocycles. The van der Waals surface area contributed by atoms with E-state index in [-0.39, 0.29) is 11.5 Å². The molecule has 3 aromatic rings. The van der Waals surface area contributed by atoms with Gasteiger partial charge in [0.25, 0.3) is 0 Å². The minimum Gasteiger partial charge on any atom is -0.363 e. The van der Waals surface area contributed by atoms with Crippen molar-refractivity contribution < 1.29 is 22.4 Å². The molecule has 1 aliphatic heterocycles. The lowest BCUT2D eigenvalue weighted by atomic mass is 9.85. The maximum atomic E-state index is 14.6. The SMILES string of the molecule is Cc1nc(N[C@H](C)c2cccc(C(F)(F)F)c2F)c2cc3c(cc2n1)C(C)(C)C(=O)N3C. The Morgan fingerprint density at radius 1 is 1.16 bits per heavy atom. The van der Waals surface area contributed by atoms with Gasteiger partial charge in [-0.1, -0.05) is 12.1 Å². The van der Waals surface area contributed by atoms with E-state index in [4.69, 9.17) is 0 Å². The van der Waals surface area contributed by atoms with E-state index in [1.807, 2.05) is 19.9 Å². The van der Waals surface area contributed by atoms with Crippen molar-refractivity contribution in [2.45, 2.75) is 45.3 Å². The summed E-state index contributed by atoms with van der Waals surface area (Å²) >= 11 is 0. The summed E-state index contributed by atoms with van der Waals surface area (Å²) in [6.07, 6.45) is -4.79. The van der Waals surface area contributed by atoms with Crippen LogP contribution >= 0.6 is 0 Å². The molecule has 0 saturated carbocycles. The fourth-order valence-corrected chi connectivity index (χ4v) is 4.20. The number of hydrogen-bond donors (Lipinski definition) is 1. The third-order valence-corrected chi connectivity index (χ3v) is 5.95. The molecule has 1 aromatic heterocycles. The summed E-state index contributed by atoms with van der Waals surface area (Å²) in [6.45, 7) is 6.94. The van der Waals surface area contributed by atoms with Gasteiger partial charge in [0.15, 0.2) is 0 Å². The molecule has 32 heavy (non-hydrogen) atoms. The Labute approximate surface area is 182 Å². The lowest BCUT2D eigenvalue weighted by molar-refractivity contribution is -0.140. The normalized spacial score (nSPS) is 16.4. The van der Waals surface area contributed by atoms with Crippen LogP contribution in [-0.2, 0) is 16.4 Å². The molecule has 1 amide bonds. The van der Waals surface area contributed by atoms with Crippen LogP contribution in [0.2, 0.25) is 0 Å². The zero-order valence-corrected chi connectivity index (χ0v) is 18.2. The third kappa shape index (κ3) is 3.36. The number of benzene rings is 2. The summed E-state index contributed by atoms with van der Waals surface area (Å²) in [5.41, 5.74) is -0.0171. The van der Waals surface area contributed by atoms with E-state index >= 15 is 0 Å². The number of carbonyl (C=O) groups excluding carboxylic acids is 1. The van der Waals surface area contributed by atoms with Crippen LogP contribution in [0.5, 0.6) is 0 Å². The Balaban J connectivity index is 1.81. The number of aryl methyl sites for hydroxylation is 1. The first-order valence-corrected chi connectivity index (χ1v) is 10.1. The number of fused-ring (bicyclic) bond motifs is 2. The Morgan fingerprint density at radius 2 is 1.84 bits per heavy atom. The van der Waals surface area contributed by atoms with Crippen molar-refractivity contribution in [3.63, 3.8) is 0 Å². The summed E-state index contributed by atoms with van der Waals surface area (Å²) in [7, 11) is 1.69. The highest BCUT2D eigenvalue weighted by molar-refractivity contribution is 6.10. The quantitative estimate of drug-likeness (QED) is 0.538. The van der Waals surface area contributed by atoms with Gasteiger partial charge in [0, 0.05) is 23.7 Å². The number of aromatic nitrogens is 2. The van der Waals surface area contributed by atoms with Gasteiger partial charge in [0.05, 0.1) is 22.5 Å². The summed E-state index contributed by atoms with van der Waals surface area (Å²) in [5.74, 6) is -0.582. The summed E-state index contributed by atoms with van der Waals surface area (Å²) in [4.78, 5) is 23.1. The number of likely N-dealkylation sites (N-methyl/N-ethyl adjacent to an activating group) is 1. The van der Waals surface area contributed by atoms with Gasteiger partial charge in [0.1, 0.15) is 17.5 Å². The molecule has 4 rings (SSSR count). The lowest BCUT2D eigenvalue weighted by Crippen LogP contribution is -2.33. The maximum Gasteiger partial charge on any atom is 0.419 e. The van der Waals surface area contributed by atoms with Crippen LogP contribution in [0.25, 0.3) is 10.9 Å². The molecular formula is C23H22F4N4O. The van der Waals surface area contributed by atoms with Gasteiger partial charge >= 0.3 is 6.18 Å². The third-order valence-electron chi connectivity index (χ3n) is 5.95. The molecule has 168 valence electrons. The van der Waals surface area contributed by atoms with Crippen molar-refractivity contribution in [3.05, 3.63) is 58.7 Å². The molecule has 1 N–H and O–H groups in total. The highest BCUT2D eigenvalue weighted by Crippen LogP contribution is 2.43. The Morgan fingerprint density at radius 3 is 2.50 bits per heavy atom. The molecule has 1 atom stereocenters. The minimum absolute atomic E-state index is 0.0543. The van der Waals surface area contributed by atoms with E-state index in [1.165, 1.54) is 12.1 Å². The number of anilines is 2. The fourth-order valence-electron chi connectivity index (χ4n) is 4.20. The topological polar surface area (TPSA) is 58.1 Å². The molecule has 0 spiro atoms. The summed E-state index contributed by atoms with van der Waals surface area (Å²) in [5, 5.41) is 3.63. The standard InChI is InChI=1S/C23H22F4N4O/c1-11(13-7-6-8-15(19(13)24)23(25,26)27)28-20-14-9-18-16(10-17(14)29-12(2)30-20)22(3,4)21(32)31(18)5/h6-11H,1-5H3,(H,28,29,30)/t11-/m1/s1. The highest BCUT2D eigenvalue weighted by atomic mass is 19.4. The number of rotatable bonds is 3. The largest absolute Gasteiger partial charge is 0.419 e. The smallest absolute Gasteiger partial charge is 0.363 e. The minimum atomic E-state index is -4.79. The van der Waals surface area contributed by atoms with E-state index in [9.17, 15) is 22.4 Å². The number of carbonyl (C=O) groups is 1. The van der Waals surface area contributed by atoms with E-state index in [0.717, 1.165) is 5.56 Å². The molecule has 0 bridgehead atoms. The van der Waals surface area contributed by atoms with Crippen molar-refractivity contribution in [1.29, 1.82) is 0 Å². The van der Waals surface area contributed by atoms with Crippen LogP contribution < -0.4 is 10.2 Å². The predicted octanol–water partition coefficient (Wildman–Crippen LogP) is 5.52. The number of alkyl halides is 3. The first-order chi connectivity index (χ1) is 14.8. The van der Waals surface area contributed by atoms with Crippen LogP contribution in [-0.4, -0.2) is 22.9 Å². The van der Waals surface area contributed by atoms with Crippen LogP contribution in [0.1, 0.15) is 49.3 Å². The van der Waals surface area contributed by atoms with Gasteiger partial charge in [-0.25, -0.2) is 14.4 Å². The number of hydrogen-bond acceptors (Lipinski definition) is 4. The van der Waals surface area contributed by atoms with E-state index in [1.54, 1.807) is 31.9 Å². The zero-order chi connectivity index (χ0) is 23.6. The van der Waals surface area contributed by atoms with Gasteiger partial charge in [-0.2, -0.15) is 13.2 Å².